The zero-order chi connectivity index (χ0) is 14.6. The van der Waals surface area contributed by atoms with Crippen LogP contribution in [0.5, 0.6) is 0 Å². The molecule has 0 amide bonds. The van der Waals surface area contributed by atoms with Crippen LogP contribution in [-0.4, -0.2) is 49.3 Å². The van der Waals surface area contributed by atoms with E-state index in [1.165, 1.54) is 45.1 Å². The highest BCUT2D eigenvalue weighted by molar-refractivity contribution is 4.92. The Balaban J connectivity index is 1.95. The van der Waals surface area contributed by atoms with Gasteiger partial charge < -0.3 is 10.1 Å². The highest BCUT2D eigenvalue weighted by atomic mass is 16.5. The van der Waals surface area contributed by atoms with Crippen molar-refractivity contribution in [2.45, 2.75) is 76.9 Å². The molecular weight excluding hydrogens is 248 g/mol. The van der Waals surface area contributed by atoms with Crippen molar-refractivity contribution in [3.63, 3.8) is 0 Å². The normalized spacial score (nSPS) is 27.3. The summed E-state index contributed by atoms with van der Waals surface area (Å²) in [6.45, 7) is 9.90. The highest BCUT2D eigenvalue weighted by Crippen LogP contribution is 2.36. The Bertz CT molecular complexity index is 281. The zero-order valence-electron chi connectivity index (χ0n) is 14.0. The average molecular weight is 282 g/mol. The summed E-state index contributed by atoms with van der Waals surface area (Å²) in [4.78, 5) is 2.76. The first kappa shape index (κ1) is 16.3. The average Bonchev–Trinajstić information content (AvgIpc) is 3.02. The molecule has 1 saturated carbocycles. The van der Waals surface area contributed by atoms with E-state index < -0.39 is 0 Å². The van der Waals surface area contributed by atoms with E-state index in [0.717, 1.165) is 25.1 Å². The van der Waals surface area contributed by atoms with Crippen LogP contribution in [0.3, 0.4) is 0 Å². The Hall–Kier alpha value is -0.120. The first-order valence-electron chi connectivity index (χ1n) is 8.51. The van der Waals surface area contributed by atoms with Gasteiger partial charge in [-0.2, -0.15) is 0 Å². The van der Waals surface area contributed by atoms with E-state index in [0.29, 0.717) is 6.04 Å². The smallest absolute Gasteiger partial charge is 0.0630 e. The predicted octanol–water partition coefficient (Wildman–Crippen LogP) is 3.04. The summed E-state index contributed by atoms with van der Waals surface area (Å²) in [5, 5.41) is 3.67. The van der Waals surface area contributed by atoms with Gasteiger partial charge in [0.2, 0.25) is 0 Å². The molecule has 2 atom stereocenters. The Morgan fingerprint density at radius 2 is 1.85 bits per heavy atom. The molecule has 3 nitrogen and oxygen atoms in total. The topological polar surface area (TPSA) is 24.5 Å². The van der Waals surface area contributed by atoms with Crippen molar-refractivity contribution in [2.75, 3.05) is 26.8 Å². The quantitative estimate of drug-likeness (QED) is 0.810. The molecular formula is C17H34N2O. The number of ether oxygens (including phenoxy) is 1. The maximum Gasteiger partial charge on any atom is 0.0630 e. The van der Waals surface area contributed by atoms with Gasteiger partial charge in [-0.1, -0.05) is 12.8 Å². The molecule has 2 aliphatic rings. The molecule has 2 fully saturated rings. The van der Waals surface area contributed by atoms with Crippen molar-refractivity contribution < 1.29 is 4.74 Å². The summed E-state index contributed by atoms with van der Waals surface area (Å²) in [6.07, 6.45) is 8.58. The molecule has 0 aromatic carbocycles. The second-order valence-corrected chi connectivity index (χ2v) is 7.73. The summed E-state index contributed by atoms with van der Waals surface area (Å²) >= 11 is 0. The van der Waals surface area contributed by atoms with Crippen LogP contribution in [0.25, 0.3) is 0 Å². The van der Waals surface area contributed by atoms with Gasteiger partial charge in [0.15, 0.2) is 0 Å². The molecule has 0 spiro atoms. The van der Waals surface area contributed by atoms with Crippen LogP contribution < -0.4 is 5.32 Å². The Morgan fingerprint density at radius 1 is 1.15 bits per heavy atom. The van der Waals surface area contributed by atoms with E-state index in [1.807, 2.05) is 7.11 Å². The minimum Gasteiger partial charge on any atom is -0.383 e. The van der Waals surface area contributed by atoms with Crippen LogP contribution in [0.4, 0.5) is 0 Å². The van der Waals surface area contributed by atoms with Gasteiger partial charge in [-0.15, -0.1) is 0 Å². The zero-order valence-corrected chi connectivity index (χ0v) is 14.0. The number of likely N-dealkylation sites (tertiary alicyclic amines) is 1. The third kappa shape index (κ3) is 4.44. The maximum atomic E-state index is 5.51. The van der Waals surface area contributed by atoms with E-state index in [4.69, 9.17) is 4.74 Å². The molecule has 1 aliphatic carbocycles. The van der Waals surface area contributed by atoms with Gasteiger partial charge in [0, 0.05) is 31.3 Å². The third-order valence-electron chi connectivity index (χ3n) is 4.98. The van der Waals surface area contributed by atoms with E-state index in [9.17, 15) is 0 Å². The first-order chi connectivity index (χ1) is 9.51. The molecule has 1 N–H and O–H groups in total. The lowest BCUT2D eigenvalue weighted by molar-refractivity contribution is 0.0607. The van der Waals surface area contributed by atoms with Crippen LogP contribution in [0.2, 0.25) is 0 Å². The largest absolute Gasteiger partial charge is 0.383 e. The minimum atomic E-state index is 0.189. The maximum absolute atomic E-state index is 5.51. The second-order valence-electron chi connectivity index (χ2n) is 7.73. The van der Waals surface area contributed by atoms with Crippen LogP contribution in [0, 0.1) is 5.92 Å². The summed E-state index contributed by atoms with van der Waals surface area (Å²) in [5.41, 5.74) is 0.189. The predicted molar refractivity (Wildman–Crippen MR) is 85.1 cm³/mol. The van der Waals surface area contributed by atoms with Crippen molar-refractivity contribution in [1.82, 2.24) is 10.2 Å². The SMILES string of the molecule is COCC(CNC(C)(C)C)N1CCCC1C1CCCC1. The van der Waals surface area contributed by atoms with Crippen molar-refractivity contribution in [3.8, 4) is 0 Å². The fourth-order valence-corrected chi connectivity index (χ4v) is 4.00. The summed E-state index contributed by atoms with van der Waals surface area (Å²) in [5.74, 6) is 0.950. The molecule has 20 heavy (non-hydrogen) atoms. The first-order valence-corrected chi connectivity index (χ1v) is 8.51. The van der Waals surface area contributed by atoms with E-state index in [2.05, 4.69) is 31.0 Å². The molecule has 118 valence electrons. The molecule has 0 bridgehead atoms. The molecule has 1 heterocycles. The lowest BCUT2D eigenvalue weighted by atomic mass is 9.95. The standard InChI is InChI=1S/C17H34N2O/c1-17(2,3)18-12-15(13-20-4)19-11-7-10-16(19)14-8-5-6-9-14/h14-16,18H,5-13H2,1-4H3. The number of nitrogens with zero attached hydrogens (tertiary/aromatic N) is 1. The summed E-state index contributed by atoms with van der Waals surface area (Å²) < 4.78 is 5.51. The van der Waals surface area contributed by atoms with Gasteiger partial charge in [-0.25, -0.2) is 0 Å². The van der Waals surface area contributed by atoms with E-state index in [1.54, 1.807) is 0 Å². The Kier molecular flexibility index (Phi) is 5.88. The number of nitrogens with one attached hydrogen (secondary N) is 1. The lowest BCUT2D eigenvalue weighted by Gasteiger charge is -2.37. The molecule has 2 rings (SSSR count). The van der Waals surface area contributed by atoms with Crippen LogP contribution in [0.15, 0.2) is 0 Å². The fraction of sp³-hybridized carbons (Fsp3) is 1.00. The van der Waals surface area contributed by atoms with E-state index in [-0.39, 0.29) is 5.54 Å². The summed E-state index contributed by atoms with van der Waals surface area (Å²) in [6, 6.07) is 1.35. The van der Waals surface area contributed by atoms with E-state index >= 15 is 0 Å². The third-order valence-corrected chi connectivity index (χ3v) is 4.98. The fourth-order valence-electron chi connectivity index (χ4n) is 4.00. The van der Waals surface area contributed by atoms with Crippen LogP contribution in [0.1, 0.15) is 59.3 Å². The molecule has 0 radical (unpaired) electrons. The second kappa shape index (κ2) is 7.24. The lowest BCUT2D eigenvalue weighted by Crippen LogP contribution is -2.52. The van der Waals surface area contributed by atoms with Gasteiger partial charge >= 0.3 is 0 Å². The van der Waals surface area contributed by atoms with Crippen LogP contribution >= 0.6 is 0 Å². The monoisotopic (exact) mass is 282 g/mol. The Morgan fingerprint density at radius 3 is 2.45 bits per heavy atom. The number of hydrogen-bond donors (Lipinski definition) is 1. The molecule has 0 aromatic heterocycles. The van der Waals surface area contributed by atoms with Gasteiger partial charge in [-0.3, -0.25) is 4.90 Å². The number of methoxy groups -OCH3 is 1. The van der Waals surface area contributed by atoms with Gasteiger partial charge in [0.05, 0.1) is 6.61 Å². The highest BCUT2D eigenvalue weighted by Gasteiger charge is 2.36. The number of rotatable bonds is 6. The summed E-state index contributed by atoms with van der Waals surface area (Å²) in [7, 11) is 1.84. The molecule has 0 aromatic rings. The molecule has 3 heteroatoms. The number of hydrogen-bond acceptors (Lipinski definition) is 3. The van der Waals surface area contributed by atoms with Crippen molar-refractivity contribution in [1.29, 1.82) is 0 Å². The van der Waals surface area contributed by atoms with Gasteiger partial charge in [0.25, 0.3) is 0 Å². The van der Waals surface area contributed by atoms with Gasteiger partial charge in [0.1, 0.15) is 0 Å². The Labute approximate surface area is 125 Å². The minimum absolute atomic E-state index is 0.189. The van der Waals surface area contributed by atoms with Crippen molar-refractivity contribution in [3.05, 3.63) is 0 Å². The van der Waals surface area contributed by atoms with Crippen molar-refractivity contribution >= 4 is 0 Å². The van der Waals surface area contributed by atoms with Crippen molar-refractivity contribution in [2.24, 2.45) is 5.92 Å². The molecule has 1 aliphatic heterocycles. The van der Waals surface area contributed by atoms with Gasteiger partial charge in [-0.05, 0) is 58.9 Å². The molecule has 1 saturated heterocycles. The molecule has 2 unspecified atom stereocenters. The van der Waals surface area contributed by atoms with Crippen LogP contribution in [-0.2, 0) is 4.74 Å².